The van der Waals surface area contributed by atoms with Gasteiger partial charge in [-0.2, -0.15) is 0 Å². The molecule has 0 aliphatic rings. The highest BCUT2D eigenvalue weighted by Gasteiger charge is 2.08. The van der Waals surface area contributed by atoms with Crippen LogP contribution < -0.4 is 0 Å². The summed E-state index contributed by atoms with van der Waals surface area (Å²) in [5.74, 6) is 0.571. The Bertz CT molecular complexity index is 1110. The Morgan fingerprint density at radius 3 is 1.96 bits per heavy atom. The molecule has 1 nitrogen and oxygen atoms in total. The zero-order valence-corrected chi connectivity index (χ0v) is 16.2. The lowest BCUT2D eigenvalue weighted by Gasteiger charge is -2.10. The Morgan fingerprint density at radius 1 is 0.643 bits per heavy atom. The highest BCUT2D eigenvalue weighted by atomic mass is 32.2. The van der Waals surface area contributed by atoms with Crippen molar-refractivity contribution in [3.05, 3.63) is 125 Å². The first-order valence-corrected chi connectivity index (χ1v) is 10.3. The lowest BCUT2D eigenvalue weighted by Crippen LogP contribution is -2.01. The van der Waals surface area contributed by atoms with Gasteiger partial charge >= 0.3 is 0 Å². The van der Waals surface area contributed by atoms with E-state index in [1.165, 1.54) is 10.8 Å². The monoisotopic (exact) mass is 380 g/mol. The average Bonchev–Trinajstić information content (AvgIpc) is 2.77. The van der Waals surface area contributed by atoms with Gasteiger partial charge in [0.2, 0.25) is 0 Å². The van der Waals surface area contributed by atoms with Crippen LogP contribution >= 0.6 is 11.8 Å². The Kier molecular flexibility index (Phi) is 5.69. The van der Waals surface area contributed by atoms with E-state index in [-0.39, 0.29) is 5.78 Å². The predicted octanol–water partition coefficient (Wildman–Crippen LogP) is 6.85. The van der Waals surface area contributed by atoms with Gasteiger partial charge in [0.25, 0.3) is 0 Å². The number of carbonyl (C=O) groups excluding carboxylic acids is 1. The summed E-state index contributed by atoms with van der Waals surface area (Å²) in [6, 6.07) is 34.7. The van der Waals surface area contributed by atoms with Crippen molar-refractivity contribution in [3.63, 3.8) is 0 Å². The van der Waals surface area contributed by atoms with Crippen molar-refractivity contribution in [2.75, 3.05) is 5.75 Å². The Labute approximate surface area is 169 Å². The number of hydrogen-bond donors (Lipinski definition) is 0. The van der Waals surface area contributed by atoms with Crippen molar-refractivity contribution in [2.24, 2.45) is 0 Å². The van der Waals surface area contributed by atoms with Crippen molar-refractivity contribution >= 4 is 33.9 Å². The minimum absolute atomic E-state index is 0.146. The van der Waals surface area contributed by atoms with Crippen LogP contribution in [0.2, 0.25) is 0 Å². The van der Waals surface area contributed by atoms with Gasteiger partial charge in [0.1, 0.15) is 0 Å². The number of carbonyl (C=O) groups is 1. The molecule has 0 aromatic heterocycles. The SMILES string of the molecule is O=C(CS/C=C(\c1ccccc1)c1ccc2ccccc2c1)c1ccccc1. The van der Waals surface area contributed by atoms with Crippen molar-refractivity contribution in [2.45, 2.75) is 0 Å². The van der Waals surface area contributed by atoms with Crippen LogP contribution in [0, 0.1) is 0 Å². The highest BCUT2D eigenvalue weighted by molar-refractivity contribution is 8.03. The van der Waals surface area contributed by atoms with Crippen LogP contribution in [0.1, 0.15) is 21.5 Å². The molecule has 0 aliphatic heterocycles. The summed E-state index contributed by atoms with van der Waals surface area (Å²) in [7, 11) is 0. The van der Waals surface area contributed by atoms with Gasteiger partial charge in [0, 0.05) is 5.56 Å². The molecule has 2 heteroatoms. The van der Waals surface area contributed by atoms with Gasteiger partial charge in [-0.05, 0) is 38.9 Å². The minimum atomic E-state index is 0.146. The summed E-state index contributed by atoms with van der Waals surface area (Å²) in [6.45, 7) is 0. The number of hydrogen-bond acceptors (Lipinski definition) is 2. The molecule has 0 N–H and O–H groups in total. The van der Waals surface area contributed by atoms with Crippen LogP contribution in [0.4, 0.5) is 0 Å². The summed E-state index contributed by atoms with van der Waals surface area (Å²) in [4.78, 5) is 12.4. The van der Waals surface area contributed by atoms with Crippen molar-refractivity contribution in [3.8, 4) is 0 Å². The summed E-state index contributed by atoms with van der Waals surface area (Å²) in [6.07, 6.45) is 0. The average molecular weight is 381 g/mol. The number of rotatable bonds is 6. The molecule has 28 heavy (non-hydrogen) atoms. The number of benzene rings is 4. The molecule has 0 amide bonds. The topological polar surface area (TPSA) is 17.1 Å². The van der Waals surface area contributed by atoms with Crippen LogP contribution in [0.25, 0.3) is 16.3 Å². The molecular weight excluding hydrogens is 360 g/mol. The molecule has 4 rings (SSSR count). The Morgan fingerprint density at radius 2 is 1.25 bits per heavy atom. The fourth-order valence-electron chi connectivity index (χ4n) is 3.19. The normalized spacial score (nSPS) is 11.5. The van der Waals surface area contributed by atoms with Crippen LogP contribution in [0.3, 0.4) is 0 Å². The van der Waals surface area contributed by atoms with Gasteiger partial charge in [-0.15, -0.1) is 11.8 Å². The lowest BCUT2D eigenvalue weighted by atomic mass is 9.97. The van der Waals surface area contributed by atoms with E-state index in [0.717, 1.165) is 22.3 Å². The van der Waals surface area contributed by atoms with E-state index in [1.54, 1.807) is 11.8 Å². The van der Waals surface area contributed by atoms with E-state index < -0.39 is 0 Å². The molecule has 0 unspecified atom stereocenters. The molecule has 0 aliphatic carbocycles. The third kappa shape index (κ3) is 4.24. The molecule has 0 heterocycles. The first-order valence-electron chi connectivity index (χ1n) is 9.26. The smallest absolute Gasteiger partial charge is 0.173 e. The fourth-order valence-corrected chi connectivity index (χ4v) is 4.03. The fraction of sp³-hybridized carbons (Fsp3) is 0.0385. The second-order valence-electron chi connectivity index (χ2n) is 6.56. The largest absolute Gasteiger partial charge is 0.293 e. The zero-order chi connectivity index (χ0) is 19.2. The van der Waals surface area contributed by atoms with E-state index in [4.69, 9.17) is 0 Å². The predicted molar refractivity (Wildman–Crippen MR) is 121 cm³/mol. The zero-order valence-electron chi connectivity index (χ0n) is 15.4. The van der Waals surface area contributed by atoms with Gasteiger partial charge in [-0.25, -0.2) is 0 Å². The number of ketones is 1. The summed E-state index contributed by atoms with van der Waals surface area (Å²) < 4.78 is 0. The van der Waals surface area contributed by atoms with Gasteiger partial charge in [-0.3, -0.25) is 4.79 Å². The minimum Gasteiger partial charge on any atom is -0.293 e. The Hall–Kier alpha value is -3.10. The molecule has 136 valence electrons. The van der Waals surface area contributed by atoms with Crippen LogP contribution in [0.5, 0.6) is 0 Å². The molecular formula is C26H20OS. The molecule has 0 fully saturated rings. The van der Waals surface area contributed by atoms with Gasteiger partial charge in [0.05, 0.1) is 5.75 Å². The molecule has 0 bridgehead atoms. The maximum Gasteiger partial charge on any atom is 0.173 e. The maximum absolute atomic E-state index is 12.4. The van der Waals surface area contributed by atoms with E-state index in [9.17, 15) is 4.79 Å². The molecule has 0 atom stereocenters. The van der Waals surface area contributed by atoms with Gasteiger partial charge < -0.3 is 0 Å². The second-order valence-corrected chi connectivity index (χ2v) is 7.42. The van der Waals surface area contributed by atoms with Crippen molar-refractivity contribution < 1.29 is 4.79 Å². The molecule has 0 saturated carbocycles. The van der Waals surface area contributed by atoms with Gasteiger partial charge in [0.15, 0.2) is 5.78 Å². The van der Waals surface area contributed by atoms with Crippen LogP contribution in [-0.4, -0.2) is 11.5 Å². The summed E-state index contributed by atoms with van der Waals surface area (Å²) in [5.41, 5.74) is 4.20. The third-order valence-corrected chi connectivity index (χ3v) is 5.49. The standard InChI is InChI=1S/C26H20OS/c27-26(22-12-5-2-6-13-22)19-28-18-25(21-10-3-1-4-11-21)24-16-15-20-9-7-8-14-23(20)17-24/h1-18H,19H2/b25-18+. The van der Waals surface area contributed by atoms with Crippen molar-refractivity contribution in [1.82, 2.24) is 0 Å². The second kappa shape index (κ2) is 8.73. The molecule has 0 spiro atoms. The highest BCUT2D eigenvalue weighted by Crippen LogP contribution is 2.29. The molecule has 0 saturated heterocycles. The molecule has 4 aromatic rings. The number of Topliss-reactive ketones (excluding diaryl/α,β-unsaturated/α-hetero) is 1. The number of fused-ring (bicyclic) bond motifs is 1. The molecule has 0 radical (unpaired) electrons. The summed E-state index contributed by atoms with van der Waals surface area (Å²) >= 11 is 1.55. The third-order valence-electron chi connectivity index (χ3n) is 4.66. The van der Waals surface area contributed by atoms with Crippen LogP contribution in [0.15, 0.2) is 109 Å². The molecule has 4 aromatic carbocycles. The first kappa shape index (κ1) is 18.3. The Balaban J connectivity index is 1.63. The van der Waals surface area contributed by atoms with Gasteiger partial charge in [-0.1, -0.05) is 97.1 Å². The van der Waals surface area contributed by atoms with E-state index in [2.05, 4.69) is 60.0 Å². The van der Waals surface area contributed by atoms with E-state index in [0.29, 0.717) is 5.75 Å². The van der Waals surface area contributed by atoms with E-state index in [1.807, 2.05) is 48.5 Å². The van der Waals surface area contributed by atoms with E-state index >= 15 is 0 Å². The van der Waals surface area contributed by atoms with Crippen LogP contribution in [-0.2, 0) is 0 Å². The summed E-state index contributed by atoms with van der Waals surface area (Å²) in [5, 5.41) is 4.55. The first-order chi connectivity index (χ1) is 13.8. The van der Waals surface area contributed by atoms with Crippen molar-refractivity contribution in [1.29, 1.82) is 0 Å². The maximum atomic E-state index is 12.4. The quantitative estimate of drug-likeness (QED) is 0.340. The lowest BCUT2D eigenvalue weighted by molar-refractivity contribution is 0.102. The number of thioether (sulfide) groups is 1.